The maximum absolute atomic E-state index is 12.8. The maximum atomic E-state index is 12.8. The van der Waals surface area contributed by atoms with E-state index < -0.39 is 12.1 Å². The molecule has 1 aliphatic rings. The van der Waals surface area contributed by atoms with Gasteiger partial charge in [-0.15, -0.1) is 10.2 Å². The number of halogens is 3. The summed E-state index contributed by atoms with van der Waals surface area (Å²) in [5, 5.41) is 11.2. The summed E-state index contributed by atoms with van der Waals surface area (Å²) >= 11 is 0. The third-order valence-corrected chi connectivity index (χ3v) is 3.71. The van der Waals surface area contributed by atoms with Gasteiger partial charge in [0.1, 0.15) is 11.6 Å². The van der Waals surface area contributed by atoms with Crippen LogP contribution in [0.15, 0.2) is 0 Å². The van der Waals surface area contributed by atoms with Gasteiger partial charge in [-0.2, -0.15) is 13.2 Å². The number of aryl methyl sites for hydroxylation is 1. The first-order valence-electron chi connectivity index (χ1n) is 6.62. The SMILES string of the molecule is CCC(C)NCc1nnc2n1CC(C(F)(F)F)CC2. The van der Waals surface area contributed by atoms with Gasteiger partial charge in [0.25, 0.3) is 0 Å². The number of hydrogen-bond acceptors (Lipinski definition) is 3. The summed E-state index contributed by atoms with van der Waals surface area (Å²) in [5.74, 6) is -0.0101. The van der Waals surface area contributed by atoms with Gasteiger partial charge >= 0.3 is 6.18 Å². The lowest BCUT2D eigenvalue weighted by atomic mass is 9.99. The van der Waals surface area contributed by atoms with E-state index in [2.05, 4.69) is 22.4 Å². The molecule has 4 nitrogen and oxygen atoms in total. The van der Waals surface area contributed by atoms with Crippen molar-refractivity contribution in [1.82, 2.24) is 20.1 Å². The second kappa shape index (κ2) is 5.48. The van der Waals surface area contributed by atoms with Gasteiger partial charge in [-0.1, -0.05) is 6.92 Å². The van der Waals surface area contributed by atoms with E-state index in [1.54, 1.807) is 4.57 Å². The largest absolute Gasteiger partial charge is 0.393 e. The summed E-state index contributed by atoms with van der Waals surface area (Å²) in [6, 6.07) is 0.315. The molecule has 7 heteroatoms. The van der Waals surface area contributed by atoms with Crippen molar-refractivity contribution in [1.29, 1.82) is 0 Å². The minimum absolute atomic E-state index is 0.0522. The molecule has 108 valence electrons. The lowest BCUT2D eigenvalue weighted by Gasteiger charge is -2.26. The highest BCUT2D eigenvalue weighted by molar-refractivity contribution is 5.01. The highest BCUT2D eigenvalue weighted by atomic mass is 19.4. The molecule has 1 aromatic rings. The minimum Gasteiger partial charge on any atom is -0.313 e. The van der Waals surface area contributed by atoms with Crippen LogP contribution in [0.4, 0.5) is 13.2 Å². The molecular formula is C12H19F3N4. The molecule has 1 aliphatic heterocycles. The first kappa shape index (κ1) is 14.3. The summed E-state index contributed by atoms with van der Waals surface area (Å²) in [6.45, 7) is 4.50. The van der Waals surface area contributed by atoms with Crippen LogP contribution in [0.25, 0.3) is 0 Å². The van der Waals surface area contributed by atoms with Crippen molar-refractivity contribution in [2.75, 3.05) is 0 Å². The highest BCUT2D eigenvalue weighted by Gasteiger charge is 2.42. The van der Waals surface area contributed by atoms with Gasteiger partial charge in [-0.25, -0.2) is 0 Å². The van der Waals surface area contributed by atoms with Gasteiger partial charge in [0, 0.05) is 19.0 Å². The Morgan fingerprint density at radius 3 is 2.79 bits per heavy atom. The normalized spacial score (nSPS) is 21.2. The average Bonchev–Trinajstić information content (AvgIpc) is 2.77. The van der Waals surface area contributed by atoms with E-state index in [1.165, 1.54) is 0 Å². The second-order valence-electron chi connectivity index (χ2n) is 5.11. The van der Waals surface area contributed by atoms with Crippen LogP contribution in [-0.2, 0) is 19.5 Å². The molecule has 0 radical (unpaired) electrons. The molecule has 0 aromatic carbocycles. The fraction of sp³-hybridized carbons (Fsp3) is 0.833. The van der Waals surface area contributed by atoms with E-state index in [4.69, 9.17) is 0 Å². The van der Waals surface area contributed by atoms with Crippen molar-refractivity contribution in [3.05, 3.63) is 11.6 Å². The number of fused-ring (bicyclic) bond motifs is 1. The highest BCUT2D eigenvalue weighted by Crippen LogP contribution is 2.34. The van der Waals surface area contributed by atoms with Gasteiger partial charge in [0.15, 0.2) is 0 Å². The van der Waals surface area contributed by atoms with E-state index in [-0.39, 0.29) is 13.0 Å². The summed E-state index contributed by atoms with van der Waals surface area (Å²) in [4.78, 5) is 0. The van der Waals surface area contributed by atoms with E-state index in [0.29, 0.717) is 30.7 Å². The molecule has 0 saturated carbocycles. The molecule has 0 bridgehead atoms. The Bertz CT molecular complexity index is 427. The van der Waals surface area contributed by atoms with E-state index >= 15 is 0 Å². The molecule has 0 saturated heterocycles. The second-order valence-corrected chi connectivity index (χ2v) is 5.11. The van der Waals surface area contributed by atoms with Crippen LogP contribution in [0.2, 0.25) is 0 Å². The third kappa shape index (κ3) is 3.26. The van der Waals surface area contributed by atoms with Crippen molar-refractivity contribution < 1.29 is 13.2 Å². The topological polar surface area (TPSA) is 42.7 Å². The summed E-state index contributed by atoms with van der Waals surface area (Å²) in [7, 11) is 0. The zero-order valence-corrected chi connectivity index (χ0v) is 11.2. The number of rotatable bonds is 4. The van der Waals surface area contributed by atoms with Crippen LogP contribution >= 0.6 is 0 Å². The molecule has 19 heavy (non-hydrogen) atoms. The predicted molar refractivity (Wildman–Crippen MR) is 64.5 cm³/mol. The lowest BCUT2D eigenvalue weighted by molar-refractivity contribution is -0.182. The molecule has 0 aliphatic carbocycles. The van der Waals surface area contributed by atoms with Gasteiger partial charge in [0.05, 0.1) is 12.5 Å². The maximum Gasteiger partial charge on any atom is 0.393 e. The molecule has 2 heterocycles. The number of nitrogens with one attached hydrogen (secondary N) is 1. The van der Waals surface area contributed by atoms with Crippen molar-refractivity contribution in [2.24, 2.45) is 5.92 Å². The molecule has 2 rings (SSSR count). The Kier molecular flexibility index (Phi) is 4.13. The Morgan fingerprint density at radius 2 is 2.16 bits per heavy atom. The Balaban J connectivity index is 2.07. The van der Waals surface area contributed by atoms with Crippen LogP contribution in [0, 0.1) is 5.92 Å². The molecule has 1 N–H and O–H groups in total. The lowest BCUT2D eigenvalue weighted by Crippen LogP contribution is -2.34. The van der Waals surface area contributed by atoms with Crippen LogP contribution in [-0.4, -0.2) is 27.0 Å². The molecule has 2 unspecified atom stereocenters. The molecule has 1 aromatic heterocycles. The monoisotopic (exact) mass is 276 g/mol. The van der Waals surface area contributed by atoms with Crippen molar-refractivity contribution in [3.8, 4) is 0 Å². The number of hydrogen-bond donors (Lipinski definition) is 1. The zero-order valence-electron chi connectivity index (χ0n) is 11.2. The van der Waals surface area contributed by atoms with Gasteiger partial charge in [0.2, 0.25) is 0 Å². The third-order valence-electron chi connectivity index (χ3n) is 3.71. The molecular weight excluding hydrogens is 257 g/mol. The minimum atomic E-state index is -4.14. The number of aromatic nitrogens is 3. The number of nitrogens with zero attached hydrogens (tertiary/aromatic N) is 3. The fourth-order valence-electron chi connectivity index (χ4n) is 2.19. The first-order chi connectivity index (χ1) is 8.91. The van der Waals surface area contributed by atoms with E-state index in [0.717, 1.165) is 6.42 Å². The Hall–Kier alpha value is -1.11. The summed E-state index contributed by atoms with van der Waals surface area (Å²) in [5.41, 5.74) is 0. The molecule has 0 spiro atoms. The summed E-state index contributed by atoms with van der Waals surface area (Å²) < 4.78 is 39.9. The molecule has 0 fully saturated rings. The Labute approximate surface area is 110 Å². The first-order valence-corrected chi connectivity index (χ1v) is 6.62. The van der Waals surface area contributed by atoms with Gasteiger partial charge < -0.3 is 9.88 Å². The van der Waals surface area contributed by atoms with Crippen molar-refractivity contribution in [2.45, 2.75) is 58.4 Å². The Morgan fingerprint density at radius 1 is 1.42 bits per heavy atom. The van der Waals surface area contributed by atoms with E-state index in [9.17, 15) is 13.2 Å². The zero-order chi connectivity index (χ0) is 14.0. The van der Waals surface area contributed by atoms with Crippen LogP contribution < -0.4 is 5.32 Å². The quantitative estimate of drug-likeness (QED) is 0.917. The van der Waals surface area contributed by atoms with Crippen LogP contribution in [0.3, 0.4) is 0 Å². The molecule has 0 amide bonds. The smallest absolute Gasteiger partial charge is 0.313 e. The van der Waals surface area contributed by atoms with Crippen LogP contribution in [0.5, 0.6) is 0 Å². The van der Waals surface area contributed by atoms with Gasteiger partial charge in [-0.05, 0) is 19.8 Å². The predicted octanol–water partition coefficient (Wildman–Crippen LogP) is 2.29. The van der Waals surface area contributed by atoms with E-state index in [1.807, 2.05) is 6.92 Å². The van der Waals surface area contributed by atoms with Crippen molar-refractivity contribution in [3.63, 3.8) is 0 Å². The van der Waals surface area contributed by atoms with Gasteiger partial charge in [-0.3, -0.25) is 0 Å². The average molecular weight is 276 g/mol. The standard InChI is InChI=1S/C12H19F3N4/c1-3-8(2)16-6-11-18-17-10-5-4-9(7-19(10)11)12(13,14)15/h8-9,16H,3-7H2,1-2H3. The molecule has 2 atom stereocenters. The number of alkyl halides is 3. The van der Waals surface area contributed by atoms with Crippen LogP contribution in [0.1, 0.15) is 38.3 Å². The fourth-order valence-corrected chi connectivity index (χ4v) is 2.19. The van der Waals surface area contributed by atoms with Crippen molar-refractivity contribution >= 4 is 0 Å². The summed E-state index contributed by atoms with van der Waals surface area (Å²) in [6.07, 6.45) is -2.71.